The van der Waals surface area contributed by atoms with Gasteiger partial charge in [0.05, 0.1) is 0 Å². The third-order valence-corrected chi connectivity index (χ3v) is 4.05. The van der Waals surface area contributed by atoms with Crippen LogP contribution in [0.15, 0.2) is 24.3 Å². The summed E-state index contributed by atoms with van der Waals surface area (Å²) in [7, 11) is 0. The Morgan fingerprint density at radius 3 is 2.13 bits per heavy atom. The number of hydrogen-bond donors (Lipinski definition) is 5. The first-order valence-corrected chi connectivity index (χ1v) is 9.28. The minimum absolute atomic E-state index is 0.0952. The highest BCUT2D eigenvalue weighted by Gasteiger charge is 2.26. The van der Waals surface area contributed by atoms with Crippen molar-refractivity contribution in [3.8, 4) is 0 Å². The van der Waals surface area contributed by atoms with Crippen molar-refractivity contribution < 1.29 is 48.4 Å². The number of rotatable bonds is 13. The number of amides is 2. The number of halogens is 1. The van der Waals surface area contributed by atoms with E-state index in [9.17, 15) is 28.4 Å². The fourth-order valence-electron chi connectivity index (χ4n) is 2.42. The van der Waals surface area contributed by atoms with Gasteiger partial charge in [-0.15, -0.1) is 0 Å². The van der Waals surface area contributed by atoms with Crippen molar-refractivity contribution in [2.45, 2.75) is 44.2 Å². The molecular formula is C19H23FN2O9. The SMILES string of the molecule is O=C(O)CC[C@H](NC(=O)O[C@@H](CCCCNC(=O)c1ccc([18F])cc1)C(=O)O)C(=O)O. The van der Waals surface area contributed by atoms with E-state index in [0.29, 0.717) is 6.42 Å². The minimum Gasteiger partial charge on any atom is -0.481 e. The predicted octanol–water partition coefficient (Wildman–Crippen LogP) is 1.22. The van der Waals surface area contributed by atoms with E-state index in [-0.39, 0.29) is 24.9 Å². The van der Waals surface area contributed by atoms with Crippen LogP contribution in [0.4, 0.5) is 9.18 Å². The van der Waals surface area contributed by atoms with Gasteiger partial charge in [-0.3, -0.25) is 9.59 Å². The molecule has 0 saturated carbocycles. The summed E-state index contributed by atoms with van der Waals surface area (Å²) in [4.78, 5) is 56.5. The van der Waals surface area contributed by atoms with Crippen molar-refractivity contribution in [3.05, 3.63) is 35.6 Å². The van der Waals surface area contributed by atoms with Gasteiger partial charge in [-0.2, -0.15) is 0 Å². The number of carbonyl (C=O) groups is 5. The summed E-state index contributed by atoms with van der Waals surface area (Å²) in [6.07, 6.45) is -3.24. The van der Waals surface area contributed by atoms with E-state index in [1.54, 1.807) is 0 Å². The molecule has 0 heterocycles. The van der Waals surface area contributed by atoms with Crippen molar-refractivity contribution in [1.82, 2.24) is 10.6 Å². The maximum absolute atomic E-state index is 12.8. The predicted molar refractivity (Wildman–Crippen MR) is 102 cm³/mol. The van der Waals surface area contributed by atoms with Crippen LogP contribution in [0.5, 0.6) is 0 Å². The first kappa shape index (κ1) is 25.3. The fraction of sp³-hybridized carbons (Fsp3) is 0.421. The third-order valence-electron chi connectivity index (χ3n) is 4.05. The highest BCUT2D eigenvalue weighted by Crippen LogP contribution is 2.08. The van der Waals surface area contributed by atoms with Crippen LogP contribution in [0.3, 0.4) is 0 Å². The number of carboxylic acids is 3. The Labute approximate surface area is 176 Å². The number of carboxylic acid groups (broad SMARTS) is 3. The molecule has 0 fully saturated rings. The molecule has 1 aromatic rings. The van der Waals surface area contributed by atoms with Gasteiger partial charge in [-0.1, -0.05) is 0 Å². The number of benzene rings is 1. The Balaban J connectivity index is 2.41. The summed E-state index contributed by atoms with van der Waals surface area (Å²) in [6, 6.07) is 3.38. The molecule has 0 aliphatic heterocycles. The van der Waals surface area contributed by atoms with Gasteiger partial charge in [0, 0.05) is 18.5 Å². The zero-order valence-corrected chi connectivity index (χ0v) is 16.4. The van der Waals surface area contributed by atoms with Crippen molar-refractivity contribution >= 4 is 29.9 Å². The molecule has 0 unspecified atom stereocenters. The highest BCUT2D eigenvalue weighted by atomic mass is 18.2. The van der Waals surface area contributed by atoms with Crippen LogP contribution in [0, 0.1) is 5.82 Å². The highest BCUT2D eigenvalue weighted by molar-refractivity contribution is 5.94. The summed E-state index contributed by atoms with van der Waals surface area (Å²) < 4.78 is 17.6. The lowest BCUT2D eigenvalue weighted by Gasteiger charge is -2.17. The normalized spacial score (nSPS) is 12.3. The molecule has 1 rings (SSSR count). The second-order valence-electron chi connectivity index (χ2n) is 6.46. The van der Waals surface area contributed by atoms with E-state index < -0.39 is 60.7 Å². The van der Waals surface area contributed by atoms with E-state index in [2.05, 4.69) is 5.32 Å². The average molecular weight is 441 g/mol. The maximum Gasteiger partial charge on any atom is 0.408 e. The monoisotopic (exact) mass is 441 g/mol. The Morgan fingerprint density at radius 2 is 1.58 bits per heavy atom. The van der Waals surface area contributed by atoms with Crippen LogP contribution < -0.4 is 10.6 Å². The second kappa shape index (κ2) is 12.8. The first-order chi connectivity index (χ1) is 14.6. The van der Waals surface area contributed by atoms with E-state index in [1.807, 2.05) is 5.32 Å². The number of unbranched alkanes of at least 4 members (excludes halogenated alkanes) is 1. The van der Waals surface area contributed by atoms with E-state index >= 15 is 0 Å². The molecule has 31 heavy (non-hydrogen) atoms. The standard InChI is InChI=1S/C19H23FN2O9/c20-12-6-4-11(5-7-12)16(25)21-10-2-1-3-14(18(28)29)31-19(30)22-13(17(26)27)8-9-15(23)24/h4-7,13-14H,1-3,8-10H2,(H,21,25)(H,22,30)(H,23,24)(H,26,27)(H,28,29)/t13-,14-/m0/s1/i20-1. The molecule has 0 saturated heterocycles. The number of ether oxygens (including phenoxy) is 1. The van der Waals surface area contributed by atoms with Gasteiger partial charge in [0.2, 0.25) is 6.10 Å². The van der Waals surface area contributed by atoms with Crippen molar-refractivity contribution in [1.29, 1.82) is 0 Å². The molecule has 2 amide bonds. The molecule has 0 spiro atoms. The molecule has 11 nitrogen and oxygen atoms in total. The number of carbonyl (C=O) groups excluding carboxylic acids is 2. The summed E-state index contributed by atoms with van der Waals surface area (Å²) >= 11 is 0. The Bertz CT molecular complexity index is 798. The Kier molecular flexibility index (Phi) is 10.4. The van der Waals surface area contributed by atoms with E-state index in [4.69, 9.17) is 20.1 Å². The average Bonchev–Trinajstić information content (AvgIpc) is 2.69. The lowest BCUT2D eigenvalue weighted by atomic mass is 10.1. The van der Waals surface area contributed by atoms with Crippen molar-refractivity contribution in [2.24, 2.45) is 0 Å². The zero-order valence-electron chi connectivity index (χ0n) is 16.4. The molecule has 0 bridgehead atoms. The Morgan fingerprint density at radius 1 is 0.935 bits per heavy atom. The van der Waals surface area contributed by atoms with Gasteiger partial charge < -0.3 is 30.7 Å². The van der Waals surface area contributed by atoms with Gasteiger partial charge in [0.1, 0.15) is 11.9 Å². The largest absolute Gasteiger partial charge is 0.481 e. The molecule has 0 radical (unpaired) electrons. The number of hydrogen-bond acceptors (Lipinski definition) is 6. The second-order valence-corrected chi connectivity index (χ2v) is 6.46. The fourth-order valence-corrected chi connectivity index (χ4v) is 2.42. The summed E-state index contributed by atoms with van der Waals surface area (Å²) in [6.45, 7) is 0.199. The molecular weight excluding hydrogens is 418 g/mol. The zero-order chi connectivity index (χ0) is 23.4. The third kappa shape index (κ3) is 10.1. The van der Waals surface area contributed by atoms with E-state index in [1.165, 1.54) is 12.1 Å². The topological polar surface area (TPSA) is 179 Å². The van der Waals surface area contributed by atoms with Gasteiger partial charge in [0.25, 0.3) is 5.91 Å². The molecule has 5 N–H and O–H groups in total. The lowest BCUT2D eigenvalue weighted by Crippen LogP contribution is -2.43. The van der Waals surface area contributed by atoms with Gasteiger partial charge in [-0.05, 0) is 49.9 Å². The number of nitrogens with one attached hydrogen (secondary N) is 2. The van der Waals surface area contributed by atoms with E-state index in [0.717, 1.165) is 12.1 Å². The molecule has 0 aromatic heterocycles. The molecule has 0 aliphatic rings. The molecule has 2 atom stereocenters. The minimum atomic E-state index is -1.55. The van der Waals surface area contributed by atoms with Gasteiger partial charge in [-0.25, -0.2) is 18.8 Å². The molecule has 0 aliphatic carbocycles. The summed E-state index contributed by atoms with van der Waals surface area (Å²) in [5, 5.41) is 31.2. The molecule has 12 heteroatoms. The van der Waals surface area contributed by atoms with Crippen molar-refractivity contribution in [2.75, 3.05) is 6.54 Å². The van der Waals surface area contributed by atoms with Crippen LogP contribution in [0.2, 0.25) is 0 Å². The van der Waals surface area contributed by atoms with Crippen LogP contribution in [-0.2, 0) is 19.1 Å². The van der Waals surface area contributed by atoms with Crippen LogP contribution >= 0.6 is 0 Å². The molecule has 170 valence electrons. The van der Waals surface area contributed by atoms with Crippen molar-refractivity contribution in [3.63, 3.8) is 0 Å². The van der Waals surface area contributed by atoms with Gasteiger partial charge in [0.15, 0.2) is 0 Å². The number of aliphatic carboxylic acids is 3. The smallest absolute Gasteiger partial charge is 0.408 e. The number of alkyl carbamates (subject to hydrolysis) is 1. The first-order valence-electron chi connectivity index (χ1n) is 9.28. The Hall–Kier alpha value is -3.70. The van der Waals surface area contributed by atoms with Gasteiger partial charge >= 0.3 is 24.0 Å². The quantitative estimate of drug-likeness (QED) is 0.281. The lowest BCUT2D eigenvalue weighted by molar-refractivity contribution is -0.147. The summed E-state index contributed by atoms with van der Waals surface area (Å²) in [5.41, 5.74) is 0.265. The van der Waals surface area contributed by atoms with Crippen LogP contribution in [-0.4, -0.2) is 63.9 Å². The molecule has 1 aromatic carbocycles. The van der Waals surface area contributed by atoms with Crippen LogP contribution in [0.1, 0.15) is 42.5 Å². The summed E-state index contributed by atoms with van der Waals surface area (Å²) in [5.74, 6) is -5.08. The van der Waals surface area contributed by atoms with Crippen LogP contribution in [0.25, 0.3) is 0 Å². The maximum atomic E-state index is 12.8.